The van der Waals surface area contributed by atoms with Crippen molar-refractivity contribution in [1.82, 2.24) is 34.8 Å². The molecule has 7 rings (SSSR count). The van der Waals surface area contributed by atoms with Crippen LogP contribution in [0.5, 0.6) is 0 Å². The van der Waals surface area contributed by atoms with E-state index in [-0.39, 0.29) is 74.5 Å². The first-order valence-electron chi connectivity index (χ1n) is 20.1. The summed E-state index contributed by atoms with van der Waals surface area (Å²) >= 11 is 5.66. The third-order valence-electron chi connectivity index (χ3n) is 12.1. The molecule has 5 heterocycles. The smallest absolute Gasteiger partial charge is 0.377 e. The highest BCUT2D eigenvalue weighted by atomic mass is 32.1. The van der Waals surface area contributed by atoms with Crippen LogP contribution in [0.2, 0.25) is 0 Å². The van der Waals surface area contributed by atoms with Gasteiger partial charge < -0.3 is 15.0 Å². The standard InChI is InChI=1S/C40H44F6N10O5S/c1-38(2)36(60)55(23-17-27(39(41,42)43)29(18-47)48-19-23)37(62)56(38)22-7-9-24(10-8-22)61-16-15-53-13-14-54(30(20-53)40(44,45)46)21-32(58)49-28-6-4-5-25-33(51-52(3)34(25)28)26-11-12-31(57)50-35(26)59/h4-6,17,19,22,24,26,30H,7-16,20-21H2,1-3H3,(H,49,58)(H,50,57,59)/t22?,24?,26?,30-/m1/s1. The van der Waals surface area contributed by atoms with Gasteiger partial charge >= 0.3 is 12.4 Å². The molecular formula is C40H44F6N10O5S. The number of piperidine rings is 1. The molecule has 332 valence electrons. The second-order valence-corrected chi connectivity index (χ2v) is 16.8. The zero-order valence-corrected chi connectivity index (χ0v) is 34.8. The van der Waals surface area contributed by atoms with Crippen LogP contribution in [0.15, 0.2) is 30.5 Å². The van der Waals surface area contributed by atoms with Gasteiger partial charge in [-0.3, -0.25) is 43.9 Å². The van der Waals surface area contributed by atoms with Crippen molar-refractivity contribution in [2.24, 2.45) is 7.05 Å². The lowest BCUT2D eigenvalue weighted by molar-refractivity contribution is -0.197. The van der Waals surface area contributed by atoms with E-state index in [2.05, 4.69) is 20.7 Å². The van der Waals surface area contributed by atoms with E-state index in [1.165, 1.54) is 10.8 Å². The van der Waals surface area contributed by atoms with Gasteiger partial charge in [0, 0.05) is 51.1 Å². The SMILES string of the molecule is Cn1nc(C2CCC(=O)NC2=O)c2cccc(NC(=O)CN3CCN(CCOC4CCC(N5C(=S)N(c6cnc(C#N)c(C(F)(F)F)c6)C(=O)C5(C)C)CC4)C[C@@H]3C(F)(F)F)c21. The summed E-state index contributed by atoms with van der Waals surface area (Å²) in [5.41, 5.74) is -2.25. The fourth-order valence-corrected chi connectivity index (χ4v) is 9.55. The summed E-state index contributed by atoms with van der Waals surface area (Å²) in [6.45, 7) is 2.98. The normalized spacial score (nSPS) is 24.1. The van der Waals surface area contributed by atoms with E-state index in [4.69, 9.17) is 22.2 Å². The Morgan fingerprint density at radius 3 is 2.47 bits per heavy atom. The van der Waals surface area contributed by atoms with E-state index in [1.807, 2.05) is 0 Å². The number of ether oxygens (including phenoxy) is 1. The highest BCUT2D eigenvalue weighted by Gasteiger charge is 2.53. The maximum Gasteiger partial charge on any atom is 0.419 e. The number of carbonyl (C=O) groups is 4. The van der Waals surface area contributed by atoms with Gasteiger partial charge in [0.05, 0.1) is 59.5 Å². The molecular weight excluding hydrogens is 847 g/mol. The largest absolute Gasteiger partial charge is 0.419 e. The second kappa shape index (κ2) is 17.1. The van der Waals surface area contributed by atoms with Gasteiger partial charge in [0.15, 0.2) is 10.8 Å². The third kappa shape index (κ3) is 8.85. The summed E-state index contributed by atoms with van der Waals surface area (Å²) in [7, 11) is 1.63. The number of thiocarbonyl (C=S) groups is 1. The number of nitrogens with zero attached hydrogens (tertiary/aromatic N) is 8. The number of imide groups is 1. The predicted octanol–water partition coefficient (Wildman–Crippen LogP) is 4.61. The van der Waals surface area contributed by atoms with Gasteiger partial charge in [0.1, 0.15) is 17.6 Å². The molecule has 62 heavy (non-hydrogen) atoms. The molecule has 1 saturated carbocycles. The number of fused-ring (bicyclic) bond motifs is 1. The Balaban J connectivity index is 0.910. The van der Waals surface area contributed by atoms with Gasteiger partial charge in [-0.2, -0.15) is 36.7 Å². The van der Waals surface area contributed by atoms with E-state index < -0.39 is 65.4 Å². The van der Waals surface area contributed by atoms with Crippen LogP contribution in [0.25, 0.3) is 10.9 Å². The Hall–Kier alpha value is -5.24. The number of halogens is 6. The first-order valence-corrected chi connectivity index (χ1v) is 20.5. The molecule has 1 aromatic carbocycles. The number of pyridine rings is 1. The number of piperazine rings is 1. The minimum atomic E-state index is -4.88. The number of hydrogen-bond acceptors (Lipinski definition) is 11. The van der Waals surface area contributed by atoms with E-state index in [0.717, 1.165) is 16.0 Å². The number of hydrogen-bond donors (Lipinski definition) is 2. The summed E-state index contributed by atoms with van der Waals surface area (Å²) < 4.78 is 92.1. The summed E-state index contributed by atoms with van der Waals surface area (Å²) in [6, 6.07) is 4.95. The third-order valence-corrected chi connectivity index (χ3v) is 12.5. The van der Waals surface area contributed by atoms with Crippen LogP contribution in [0.3, 0.4) is 0 Å². The Kier molecular flexibility index (Phi) is 12.4. The number of benzene rings is 1. The number of amides is 4. The number of para-hydroxylation sites is 1. The molecule has 4 aliphatic rings. The average molecular weight is 891 g/mol. The van der Waals surface area contributed by atoms with Crippen LogP contribution >= 0.6 is 12.2 Å². The van der Waals surface area contributed by atoms with Crippen LogP contribution in [0, 0.1) is 11.3 Å². The molecule has 2 aromatic heterocycles. The number of aryl methyl sites for hydroxylation is 1. The van der Waals surface area contributed by atoms with Gasteiger partial charge in [0.25, 0.3) is 5.91 Å². The van der Waals surface area contributed by atoms with E-state index in [1.54, 1.807) is 48.9 Å². The maximum atomic E-state index is 14.4. The lowest BCUT2D eigenvalue weighted by Gasteiger charge is -2.42. The maximum absolute atomic E-state index is 14.4. The van der Waals surface area contributed by atoms with Crippen LogP contribution in [0.4, 0.5) is 37.7 Å². The average Bonchev–Trinajstić information content (AvgIpc) is 3.63. The van der Waals surface area contributed by atoms with Gasteiger partial charge in [-0.15, -0.1) is 0 Å². The number of alkyl halides is 6. The fourth-order valence-electron chi connectivity index (χ4n) is 8.98. The van der Waals surface area contributed by atoms with Crippen molar-refractivity contribution in [3.63, 3.8) is 0 Å². The van der Waals surface area contributed by atoms with Crippen molar-refractivity contribution in [1.29, 1.82) is 5.26 Å². The Labute approximate surface area is 357 Å². The van der Waals surface area contributed by atoms with Crippen LogP contribution in [-0.4, -0.2) is 127 Å². The molecule has 2 atom stereocenters. The highest BCUT2D eigenvalue weighted by molar-refractivity contribution is 7.80. The second-order valence-electron chi connectivity index (χ2n) is 16.4. The molecule has 0 radical (unpaired) electrons. The van der Waals surface area contributed by atoms with Crippen molar-refractivity contribution in [2.45, 2.75) is 94.4 Å². The van der Waals surface area contributed by atoms with Crippen molar-refractivity contribution in [3.8, 4) is 6.07 Å². The Bertz CT molecular complexity index is 2320. The molecule has 1 unspecified atom stereocenters. The van der Waals surface area contributed by atoms with E-state index >= 15 is 0 Å². The molecule has 15 nitrogen and oxygen atoms in total. The van der Waals surface area contributed by atoms with Crippen molar-refractivity contribution in [3.05, 3.63) is 47.4 Å². The first-order chi connectivity index (χ1) is 29.2. The number of nitriles is 1. The summed E-state index contributed by atoms with van der Waals surface area (Å²) in [6.07, 6.45) is -6.14. The monoisotopic (exact) mass is 890 g/mol. The molecule has 3 aliphatic heterocycles. The van der Waals surface area contributed by atoms with Crippen molar-refractivity contribution < 1.29 is 50.3 Å². The Morgan fingerprint density at radius 2 is 1.81 bits per heavy atom. The van der Waals surface area contributed by atoms with Crippen LogP contribution < -0.4 is 15.5 Å². The number of aromatic nitrogens is 3. The molecule has 3 aromatic rings. The minimum absolute atomic E-state index is 0.0197. The predicted molar refractivity (Wildman–Crippen MR) is 214 cm³/mol. The zero-order valence-electron chi connectivity index (χ0n) is 34.0. The first kappa shape index (κ1) is 44.8. The fraction of sp³-hybridized carbons (Fsp3) is 0.550. The summed E-state index contributed by atoms with van der Waals surface area (Å²) in [4.78, 5) is 60.3. The lowest BCUT2D eigenvalue weighted by Crippen LogP contribution is -2.60. The molecule has 22 heteroatoms. The number of anilines is 2. The van der Waals surface area contributed by atoms with Crippen LogP contribution in [0.1, 0.15) is 75.2 Å². The summed E-state index contributed by atoms with van der Waals surface area (Å²) in [5.74, 6) is -2.71. The molecule has 4 fully saturated rings. The van der Waals surface area contributed by atoms with Gasteiger partial charge in [-0.25, -0.2) is 4.98 Å². The molecule has 2 N–H and O–H groups in total. The molecule has 0 bridgehead atoms. The Morgan fingerprint density at radius 1 is 1.08 bits per heavy atom. The molecule has 1 aliphatic carbocycles. The number of rotatable bonds is 10. The molecule has 0 spiro atoms. The topological polar surface area (TPSA) is 169 Å². The van der Waals surface area contributed by atoms with Crippen LogP contribution in [-0.2, 0) is 37.1 Å². The van der Waals surface area contributed by atoms with E-state index in [9.17, 15) is 45.5 Å². The lowest BCUT2D eigenvalue weighted by atomic mass is 9.89. The van der Waals surface area contributed by atoms with Gasteiger partial charge in [-0.05, 0) is 70.3 Å². The van der Waals surface area contributed by atoms with Crippen molar-refractivity contribution >= 4 is 63.2 Å². The molecule has 3 saturated heterocycles. The zero-order chi connectivity index (χ0) is 44.9. The number of nitrogens with one attached hydrogen (secondary N) is 2. The molecule has 4 amide bonds. The van der Waals surface area contributed by atoms with Gasteiger partial charge in [-0.1, -0.05) is 12.1 Å². The highest BCUT2D eigenvalue weighted by Crippen LogP contribution is 2.41. The van der Waals surface area contributed by atoms with E-state index in [0.29, 0.717) is 54.0 Å². The summed E-state index contributed by atoms with van der Waals surface area (Å²) in [5, 5.41) is 19.3. The van der Waals surface area contributed by atoms with Crippen molar-refractivity contribution in [2.75, 3.05) is 49.5 Å². The quantitative estimate of drug-likeness (QED) is 0.165. The van der Waals surface area contributed by atoms with Gasteiger partial charge in [0.2, 0.25) is 17.7 Å². The number of carbonyl (C=O) groups excluding carboxylic acids is 4. The minimum Gasteiger partial charge on any atom is -0.377 e.